The second-order valence-corrected chi connectivity index (χ2v) is 5.65. The van der Waals surface area contributed by atoms with Gasteiger partial charge in [-0.05, 0) is 51.3 Å². The Kier molecular flexibility index (Phi) is 2.94. The van der Waals surface area contributed by atoms with Gasteiger partial charge in [-0.25, -0.2) is 0 Å². The van der Waals surface area contributed by atoms with Crippen LogP contribution in [0.1, 0.15) is 42.3 Å². The van der Waals surface area contributed by atoms with Crippen molar-refractivity contribution in [3.05, 3.63) is 35.6 Å². The van der Waals surface area contributed by atoms with Crippen molar-refractivity contribution in [2.45, 2.75) is 38.6 Å². The van der Waals surface area contributed by atoms with E-state index in [0.29, 0.717) is 5.76 Å². The molecule has 0 bridgehead atoms. The van der Waals surface area contributed by atoms with E-state index in [2.05, 4.69) is 5.32 Å². The summed E-state index contributed by atoms with van der Waals surface area (Å²) in [5.41, 5.74) is 1.42. The molecule has 1 aliphatic heterocycles. The molecular formula is C16H19NO2. The van der Waals surface area contributed by atoms with Crippen LogP contribution in [0, 0.1) is 6.92 Å². The van der Waals surface area contributed by atoms with E-state index in [1.165, 1.54) is 0 Å². The molecule has 0 aliphatic carbocycles. The molecule has 1 aromatic carbocycles. The largest absolute Gasteiger partial charge is 0.453 e. The van der Waals surface area contributed by atoms with Crippen LogP contribution in [0.3, 0.4) is 0 Å². The number of nitrogens with one attached hydrogen (secondary N) is 1. The monoisotopic (exact) mass is 257 g/mol. The molecule has 3 heteroatoms. The molecule has 0 amide bonds. The Morgan fingerprint density at radius 3 is 2.89 bits per heavy atom. The first-order chi connectivity index (χ1) is 9.10. The highest BCUT2D eigenvalue weighted by molar-refractivity contribution is 6.03. The maximum Gasteiger partial charge on any atom is 0.217 e. The maximum atomic E-state index is 12.6. The number of rotatable bonds is 2. The predicted octanol–water partition coefficient (Wildman–Crippen LogP) is 3.46. The normalized spacial score (nSPS) is 23.7. The van der Waals surface area contributed by atoms with Crippen LogP contribution in [0.5, 0.6) is 0 Å². The summed E-state index contributed by atoms with van der Waals surface area (Å²) in [6, 6.07) is 7.84. The highest BCUT2D eigenvalue weighted by atomic mass is 16.3. The van der Waals surface area contributed by atoms with Gasteiger partial charge in [-0.1, -0.05) is 18.2 Å². The van der Waals surface area contributed by atoms with E-state index in [9.17, 15) is 4.79 Å². The van der Waals surface area contributed by atoms with Gasteiger partial charge in [-0.15, -0.1) is 0 Å². The summed E-state index contributed by atoms with van der Waals surface area (Å²) in [7, 11) is 0. The van der Waals surface area contributed by atoms with Crippen LogP contribution in [0.15, 0.2) is 28.7 Å². The molecule has 0 saturated carbocycles. The quantitative estimate of drug-likeness (QED) is 0.838. The lowest BCUT2D eigenvalue weighted by Crippen LogP contribution is -2.52. The van der Waals surface area contributed by atoms with Crippen molar-refractivity contribution in [3.8, 4) is 0 Å². The highest BCUT2D eigenvalue weighted by Gasteiger charge is 2.36. The fourth-order valence-electron chi connectivity index (χ4n) is 2.84. The second-order valence-electron chi connectivity index (χ2n) is 5.65. The van der Waals surface area contributed by atoms with Crippen molar-refractivity contribution >= 4 is 16.8 Å². The molecule has 1 saturated heterocycles. The number of ketones is 1. The van der Waals surface area contributed by atoms with Gasteiger partial charge in [0.05, 0.1) is 5.54 Å². The molecule has 100 valence electrons. The summed E-state index contributed by atoms with van der Waals surface area (Å²) < 4.78 is 5.79. The number of fused-ring (bicyclic) bond motifs is 1. The first-order valence-corrected chi connectivity index (χ1v) is 6.89. The Hall–Kier alpha value is -1.61. The summed E-state index contributed by atoms with van der Waals surface area (Å²) in [4.78, 5) is 12.6. The minimum Gasteiger partial charge on any atom is -0.453 e. The Bertz CT molecular complexity index is 621. The molecule has 1 aromatic heterocycles. The molecule has 0 spiro atoms. The number of Topliss-reactive ketones (excluding diaryl/α,β-unsaturated/α-hetero) is 1. The third kappa shape index (κ3) is 2.08. The molecule has 19 heavy (non-hydrogen) atoms. The number of piperidine rings is 1. The molecule has 2 aromatic rings. The lowest BCUT2D eigenvalue weighted by molar-refractivity contribution is 0.0807. The first-order valence-electron chi connectivity index (χ1n) is 6.89. The van der Waals surface area contributed by atoms with Crippen molar-refractivity contribution in [1.82, 2.24) is 5.32 Å². The van der Waals surface area contributed by atoms with Gasteiger partial charge >= 0.3 is 0 Å². The number of aryl methyl sites for hydroxylation is 1. The number of furan rings is 1. The van der Waals surface area contributed by atoms with Crippen LogP contribution in [0.4, 0.5) is 0 Å². The lowest BCUT2D eigenvalue weighted by Gasteiger charge is -2.32. The molecular weight excluding hydrogens is 238 g/mol. The molecule has 1 aliphatic rings. The van der Waals surface area contributed by atoms with Crippen LogP contribution in [0.2, 0.25) is 0 Å². The van der Waals surface area contributed by atoms with E-state index in [0.717, 1.165) is 42.3 Å². The molecule has 3 nitrogen and oxygen atoms in total. The van der Waals surface area contributed by atoms with Crippen LogP contribution in [-0.2, 0) is 0 Å². The standard InChI is InChI=1S/C16H19NO2/c1-11-6-5-7-12-10-13(19-14(11)12)15(18)16(2)8-3-4-9-17-16/h5-7,10,17H,3-4,8-9H2,1-2H3. The Balaban J connectivity index is 1.99. The maximum absolute atomic E-state index is 12.6. The van der Waals surface area contributed by atoms with Crippen LogP contribution in [0.25, 0.3) is 11.0 Å². The average Bonchev–Trinajstić information content (AvgIpc) is 2.84. The van der Waals surface area contributed by atoms with Crippen LogP contribution in [-0.4, -0.2) is 17.9 Å². The predicted molar refractivity (Wildman–Crippen MR) is 75.5 cm³/mol. The summed E-state index contributed by atoms with van der Waals surface area (Å²) in [6.45, 7) is 4.89. The fraction of sp³-hybridized carbons (Fsp3) is 0.438. The zero-order chi connectivity index (χ0) is 13.5. The van der Waals surface area contributed by atoms with E-state index in [1.807, 2.05) is 38.1 Å². The smallest absolute Gasteiger partial charge is 0.217 e. The Morgan fingerprint density at radius 1 is 1.37 bits per heavy atom. The van der Waals surface area contributed by atoms with Gasteiger partial charge in [0.15, 0.2) is 5.76 Å². The summed E-state index contributed by atoms with van der Waals surface area (Å²) >= 11 is 0. The lowest BCUT2D eigenvalue weighted by atomic mass is 9.86. The number of carbonyl (C=O) groups excluding carboxylic acids is 1. The summed E-state index contributed by atoms with van der Waals surface area (Å²) in [5, 5.41) is 4.35. The highest BCUT2D eigenvalue weighted by Crippen LogP contribution is 2.28. The van der Waals surface area contributed by atoms with Gasteiger partial charge in [0.25, 0.3) is 0 Å². The fourth-order valence-corrected chi connectivity index (χ4v) is 2.84. The van der Waals surface area contributed by atoms with Crippen molar-refractivity contribution in [2.24, 2.45) is 0 Å². The van der Waals surface area contributed by atoms with Crippen molar-refractivity contribution < 1.29 is 9.21 Å². The summed E-state index contributed by atoms with van der Waals surface area (Å²) in [6.07, 6.45) is 3.11. The Morgan fingerprint density at radius 2 is 2.21 bits per heavy atom. The van der Waals surface area contributed by atoms with E-state index in [1.54, 1.807) is 0 Å². The van der Waals surface area contributed by atoms with E-state index < -0.39 is 5.54 Å². The van der Waals surface area contributed by atoms with Crippen LogP contribution >= 0.6 is 0 Å². The van der Waals surface area contributed by atoms with Crippen molar-refractivity contribution in [1.29, 1.82) is 0 Å². The van der Waals surface area contributed by atoms with Gasteiger partial charge in [-0.2, -0.15) is 0 Å². The van der Waals surface area contributed by atoms with Gasteiger partial charge in [0.1, 0.15) is 5.58 Å². The zero-order valence-electron chi connectivity index (χ0n) is 11.5. The molecule has 2 heterocycles. The number of benzene rings is 1. The minimum atomic E-state index is -0.472. The third-order valence-corrected chi connectivity index (χ3v) is 4.08. The van der Waals surface area contributed by atoms with Gasteiger partial charge < -0.3 is 9.73 Å². The molecule has 1 atom stereocenters. The topological polar surface area (TPSA) is 42.2 Å². The molecule has 1 N–H and O–H groups in total. The van der Waals surface area contributed by atoms with E-state index in [-0.39, 0.29) is 5.78 Å². The van der Waals surface area contributed by atoms with Gasteiger partial charge in [0.2, 0.25) is 5.78 Å². The molecule has 1 fully saturated rings. The number of hydrogen-bond acceptors (Lipinski definition) is 3. The number of carbonyl (C=O) groups is 1. The molecule has 0 radical (unpaired) electrons. The third-order valence-electron chi connectivity index (χ3n) is 4.08. The van der Waals surface area contributed by atoms with E-state index >= 15 is 0 Å². The molecule has 3 rings (SSSR count). The van der Waals surface area contributed by atoms with Crippen molar-refractivity contribution in [3.63, 3.8) is 0 Å². The second kappa shape index (κ2) is 4.49. The summed E-state index contributed by atoms with van der Waals surface area (Å²) in [5.74, 6) is 0.545. The van der Waals surface area contributed by atoms with Crippen LogP contribution < -0.4 is 5.32 Å². The minimum absolute atomic E-state index is 0.0720. The first kappa shape index (κ1) is 12.4. The van der Waals surface area contributed by atoms with Gasteiger partial charge in [0, 0.05) is 5.39 Å². The molecule has 1 unspecified atom stereocenters. The SMILES string of the molecule is Cc1cccc2cc(C(=O)C3(C)CCCCN3)oc12. The number of para-hydroxylation sites is 1. The number of hydrogen-bond donors (Lipinski definition) is 1. The van der Waals surface area contributed by atoms with E-state index in [4.69, 9.17) is 4.42 Å². The zero-order valence-corrected chi connectivity index (χ0v) is 11.5. The average molecular weight is 257 g/mol. The Labute approximate surface area is 113 Å². The van der Waals surface area contributed by atoms with Crippen molar-refractivity contribution in [2.75, 3.05) is 6.54 Å². The van der Waals surface area contributed by atoms with Gasteiger partial charge in [-0.3, -0.25) is 4.79 Å².